The second-order valence-electron chi connectivity index (χ2n) is 9.93. The minimum Gasteiger partial charge on any atom is -0.481 e. The van der Waals surface area contributed by atoms with E-state index in [9.17, 15) is 24.3 Å². The number of nitrogens with one attached hydrogen (secondary N) is 1. The number of ether oxygens (including phenoxy) is 2. The monoisotopic (exact) mass is 561 g/mol. The van der Waals surface area contributed by atoms with Crippen LogP contribution in [0.15, 0.2) is 0 Å². The second kappa shape index (κ2) is 20.5. The highest BCUT2D eigenvalue weighted by Gasteiger charge is 2.34. The molecule has 1 saturated carbocycles. The Hall–Kier alpha value is -1.42. The summed E-state index contributed by atoms with van der Waals surface area (Å²) in [6, 6.07) is 0. The molecule has 0 aromatic heterocycles. The Morgan fingerprint density at radius 3 is 2.08 bits per heavy atom. The number of amides is 1. The summed E-state index contributed by atoms with van der Waals surface area (Å²) in [5, 5.41) is 12.0. The maximum Gasteiger partial charge on any atom is 0.407 e. The number of carboxylic acids is 1. The fourth-order valence-electron chi connectivity index (χ4n) is 4.83. The standard InChI is InChI=1S/C27H47NO7S2/c1-3-10-22(11-4-2)23(29)12-6-7-13-25(32)34-16-18-36-37-19-17-35-26(33)28-21-27(20-24(30)31)14-8-5-9-15-27/h22H,3-21H2,1-2H3,(H,28,33)(H,30,31). The van der Waals surface area contributed by atoms with Crippen LogP contribution >= 0.6 is 21.6 Å². The van der Waals surface area contributed by atoms with Crippen molar-refractivity contribution in [2.45, 2.75) is 104 Å². The third-order valence-electron chi connectivity index (χ3n) is 6.74. The molecule has 1 amide bonds. The van der Waals surface area contributed by atoms with Crippen molar-refractivity contribution in [2.24, 2.45) is 11.3 Å². The van der Waals surface area contributed by atoms with Crippen molar-refractivity contribution in [1.29, 1.82) is 0 Å². The van der Waals surface area contributed by atoms with E-state index in [0.717, 1.165) is 64.2 Å². The van der Waals surface area contributed by atoms with Crippen molar-refractivity contribution in [3.63, 3.8) is 0 Å². The lowest BCUT2D eigenvalue weighted by atomic mass is 9.72. The average Bonchev–Trinajstić information content (AvgIpc) is 2.87. The molecule has 0 atom stereocenters. The van der Waals surface area contributed by atoms with Crippen molar-refractivity contribution in [1.82, 2.24) is 5.32 Å². The highest BCUT2D eigenvalue weighted by Crippen LogP contribution is 2.38. The molecular weight excluding hydrogens is 514 g/mol. The fourth-order valence-corrected chi connectivity index (χ4v) is 6.49. The summed E-state index contributed by atoms with van der Waals surface area (Å²) < 4.78 is 10.4. The Morgan fingerprint density at radius 1 is 0.892 bits per heavy atom. The number of carbonyl (C=O) groups excluding carboxylic acids is 3. The highest BCUT2D eigenvalue weighted by atomic mass is 33.1. The van der Waals surface area contributed by atoms with Crippen LogP contribution in [0.3, 0.4) is 0 Å². The van der Waals surface area contributed by atoms with Gasteiger partial charge in [0.1, 0.15) is 19.0 Å². The fraction of sp³-hybridized carbons (Fsp3) is 0.852. The smallest absolute Gasteiger partial charge is 0.407 e. The zero-order valence-electron chi connectivity index (χ0n) is 22.7. The van der Waals surface area contributed by atoms with Gasteiger partial charge in [-0.05, 0) is 43.9 Å². The number of hydrogen-bond acceptors (Lipinski definition) is 8. The van der Waals surface area contributed by atoms with Crippen LogP contribution in [-0.4, -0.2) is 60.2 Å². The lowest BCUT2D eigenvalue weighted by Crippen LogP contribution is -2.40. The molecule has 0 saturated heterocycles. The highest BCUT2D eigenvalue weighted by molar-refractivity contribution is 8.76. The van der Waals surface area contributed by atoms with Crippen LogP contribution < -0.4 is 5.32 Å². The van der Waals surface area contributed by atoms with Gasteiger partial charge in [0.15, 0.2) is 0 Å². The Balaban J connectivity index is 2.02. The van der Waals surface area contributed by atoms with E-state index in [0.29, 0.717) is 49.7 Å². The van der Waals surface area contributed by atoms with E-state index in [4.69, 9.17) is 9.47 Å². The number of unbranched alkanes of at least 4 members (excludes halogenated alkanes) is 1. The number of carbonyl (C=O) groups is 4. The number of hydrogen-bond donors (Lipinski definition) is 2. The summed E-state index contributed by atoms with van der Waals surface area (Å²) in [4.78, 5) is 47.4. The zero-order chi connectivity index (χ0) is 27.4. The third kappa shape index (κ3) is 16.2. The van der Waals surface area contributed by atoms with E-state index >= 15 is 0 Å². The van der Waals surface area contributed by atoms with Gasteiger partial charge in [0.25, 0.3) is 0 Å². The number of alkyl carbamates (subject to hydrolysis) is 1. The van der Waals surface area contributed by atoms with Crippen molar-refractivity contribution in [2.75, 3.05) is 31.3 Å². The zero-order valence-corrected chi connectivity index (χ0v) is 24.4. The van der Waals surface area contributed by atoms with Gasteiger partial charge in [-0.3, -0.25) is 14.4 Å². The van der Waals surface area contributed by atoms with E-state index in [1.165, 1.54) is 0 Å². The topological polar surface area (TPSA) is 119 Å². The number of aliphatic carboxylic acids is 1. The first-order valence-electron chi connectivity index (χ1n) is 13.9. The van der Waals surface area contributed by atoms with Crippen LogP contribution in [0.25, 0.3) is 0 Å². The molecule has 1 aliphatic carbocycles. The van der Waals surface area contributed by atoms with Crippen LogP contribution in [0.5, 0.6) is 0 Å². The summed E-state index contributed by atoms with van der Waals surface area (Å²) >= 11 is 0. The average molecular weight is 562 g/mol. The molecule has 8 nitrogen and oxygen atoms in total. The van der Waals surface area contributed by atoms with Crippen molar-refractivity contribution in [3.05, 3.63) is 0 Å². The summed E-state index contributed by atoms with van der Waals surface area (Å²) in [5.74, 6) is 0.708. The first-order chi connectivity index (χ1) is 17.8. The third-order valence-corrected chi connectivity index (χ3v) is 9.08. The van der Waals surface area contributed by atoms with Gasteiger partial charge in [0, 0.05) is 36.8 Å². The van der Waals surface area contributed by atoms with Crippen LogP contribution in [0.2, 0.25) is 0 Å². The molecule has 37 heavy (non-hydrogen) atoms. The molecule has 1 rings (SSSR count). The Labute approximate surface area is 230 Å². The predicted octanol–water partition coefficient (Wildman–Crippen LogP) is 6.41. The maximum atomic E-state index is 12.3. The molecular formula is C27H47NO7S2. The molecule has 0 bridgehead atoms. The summed E-state index contributed by atoms with van der Waals surface area (Å²) in [6.07, 6.45) is 10.6. The maximum absolute atomic E-state index is 12.3. The lowest BCUT2D eigenvalue weighted by Gasteiger charge is -2.36. The van der Waals surface area contributed by atoms with Crippen LogP contribution in [-0.2, 0) is 23.9 Å². The van der Waals surface area contributed by atoms with Gasteiger partial charge in [0.2, 0.25) is 0 Å². The molecule has 0 unspecified atom stereocenters. The lowest BCUT2D eigenvalue weighted by molar-refractivity contribution is -0.143. The predicted molar refractivity (Wildman–Crippen MR) is 150 cm³/mol. The molecule has 2 N–H and O–H groups in total. The summed E-state index contributed by atoms with van der Waals surface area (Å²) in [5.41, 5.74) is -0.366. The molecule has 0 spiro atoms. The molecule has 0 aromatic rings. The largest absolute Gasteiger partial charge is 0.481 e. The second-order valence-corrected chi connectivity index (χ2v) is 12.6. The number of esters is 1. The van der Waals surface area contributed by atoms with Gasteiger partial charge < -0.3 is 19.9 Å². The number of ketones is 1. The van der Waals surface area contributed by atoms with Gasteiger partial charge in [-0.1, -0.05) is 67.5 Å². The van der Waals surface area contributed by atoms with Crippen LogP contribution in [0, 0.1) is 11.3 Å². The molecule has 0 aromatic carbocycles. The van der Waals surface area contributed by atoms with Gasteiger partial charge >= 0.3 is 18.0 Å². The molecule has 1 aliphatic rings. The quantitative estimate of drug-likeness (QED) is 0.0930. The molecule has 214 valence electrons. The first kappa shape index (κ1) is 33.6. The Morgan fingerprint density at radius 2 is 1.49 bits per heavy atom. The van der Waals surface area contributed by atoms with E-state index in [1.807, 2.05) is 0 Å². The minimum atomic E-state index is -0.828. The number of carboxylic acid groups (broad SMARTS) is 1. The molecule has 0 radical (unpaired) electrons. The van der Waals surface area contributed by atoms with Gasteiger partial charge in [0.05, 0.1) is 6.42 Å². The van der Waals surface area contributed by atoms with E-state index < -0.39 is 12.1 Å². The van der Waals surface area contributed by atoms with E-state index in [2.05, 4.69) is 19.2 Å². The van der Waals surface area contributed by atoms with E-state index in [-0.39, 0.29) is 30.3 Å². The first-order valence-corrected chi connectivity index (χ1v) is 16.4. The Bertz CT molecular complexity index is 678. The molecule has 10 heteroatoms. The molecule has 0 aliphatic heterocycles. The van der Waals surface area contributed by atoms with Gasteiger partial charge in [-0.25, -0.2) is 4.79 Å². The van der Waals surface area contributed by atoms with Crippen LogP contribution in [0.1, 0.15) is 104 Å². The van der Waals surface area contributed by atoms with Gasteiger partial charge in [-0.2, -0.15) is 0 Å². The van der Waals surface area contributed by atoms with Crippen molar-refractivity contribution >= 4 is 45.4 Å². The van der Waals surface area contributed by atoms with Crippen LogP contribution in [0.4, 0.5) is 4.79 Å². The minimum absolute atomic E-state index is 0.0720. The number of rotatable bonds is 21. The van der Waals surface area contributed by atoms with Gasteiger partial charge in [-0.15, -0.1) is 0 Å². The van der Waals surface area contributed by atoms with Crippen molar-refractivity contribution < 1.29 is 33.8 Å². The molecule has 0 heterocycles. The summed E-state index contributed by atoms with van der Waals surface area (Å²) in [7, 11) is 3.09. The SMILES string of the molecule is CCCC(CCC)C(=O)CCCCC(=O)OCCSSCCOC(=O)NCC1(CC(=O)O)CCCCC1. The normalized spacial score (nSPS) is 14.8. The van der Waals surface area contributed by atoms with Crippen molar-refractivity contribution in [3.8, 4) is 0 Å². The Kier molecular flexibility index (Phi) is 18.6. The number of Topliss-reactive ketones (excluding diaryl/α,β-unsaturated/α-hetero) is 1. The summed E-state index contributed by atoms with van der Waals surface area (Å²) in [6.45, 7) is 5.13. The van der Waals surface area contributed by atoms with E-state index in [1.54, 1.807) is 21.6 Å². The molecule has 1 fully saturated rings.